The summed E-state index contributed by atoms with van der Waals surface area (Å²) in [4.78, 5) is 18.8. The summed E-state index contributed by atoms with van der Waals surface area (Å²) >= 11 is 6.69. The van der Waals surface area contributed by atoms with Gasteiger partial charge in [0.05, 0.1) is 40.5 Å². The first-order valence-electron chi connectivity index (χ1n) is 18.3. The van der Waals surface area contributed by atoms with Gasteiger partial charge in [0.15, 0.2) is 11.5 Å². The van der Waals surface area contributed by atoms with Crippen LogP contribution in [0.4, 0.5) is 35.1 Å². The number of alkyl halides is 7. The monoisotopic (exact) mass is 863 g/mol. The minimum Gasteiger partial charge on any atom is -0.377 e. The predicted octanol–water partition coefficient (Wildman–Crippen LogP) is 8.20. The summed E-state index contributed by atoms with van der Waals surface area (Å²) in [6.07, 6.45) is -6.13. The number of aromatic nitrogens is 5. The molecule has 5 aromatic rings. The number of halogens is 9. The van der Waals surface area contributed by atoms with Crippen molar-refractivity contribution in [3.05, 3.63) is 99.0 Å². The number of pyridine rings is 1. The number of rotatable bonds is 10. The van der Waals surface area contributed by atoms with E-state index >= 15 is 8.78 Å². The molecule has 4 atom stereocenters. The van der Waals surface area contributed by atoms with Gasteiger partial charge in [-0.15, -0.1) is 0 Å². The average Bonchev–Trinajstić information content (AvgIpc) is 3.64. The van der Waals surface area contributed by atoms with Crippen molar-refractivity contribution >= 4 is 43.7 Å². The number of carbonyl (C=O) groups is 1. The van der Waals surface area contributed by atoms with E-state index in [9.17, 15) is 40.5 Å². The molecule has 2 saturated carbocycles. The van der Waals surface area contributed by atoms with Crippen LogP contribution in [0.2, 0.25) is 5.02 Å². The average molecular weight is 864 g/mol. The quantitative estimate of drug-likeness (QED) is 0.0864. The second-order valence-corrected chi connectivity index (χ2v) is 19.0. The standard InChI is InChI=1S/C41H34ClF8N5O3S/c1-54-35-27(9-10-30(42)33(35)31(52-54)18-59(2,3)58)26-8-7-24(11-12-38(57)19-39(44,45)20-38)51-34(26)22(13-21-5-4-6-23(43)14-21)15-25(56)17-55-37-32(36(53-55)41(48,49)50)28-16-29(28)40(37,46)47/h4-10,14,22,28-29,57H,2,13,15-20H2,1,3H3/t22-,28+,29-,59?/m1/s1. The number of hydrogen-bond acceptors (Lipinski definition) is 6. The Morgan fingerprint density at radius 3 is 2.47 bits per heavy atom. The van der Waals surface area contributed by atoms with Gasteiger partial charge < -0.3 is 5.11 Å². The molecule has 3 aliphatic rings. The highest BCUT2D eigenvalue weighted by Crippen LogP contribution is 2.68. The molecular weight excluding hydrogens is 830 g/mol. The van der Waals surface area contributed by atoms with Crippen LogP contribution in [0.25, 0.3) is 22.0 Å². The summed E-state index contributed by atoms with van der Waals surface area (Å²) in [5.74, 6) is -2.74. The number of aryl methyl sites for hydroxylation is 1. The summed E-state index contributed by atoms with van der Waals surface area (Å²) in [6, 6.07) is 11.7. The minimum absolute atomic E-state index is 0.0126. The lowest BCUT2D eigenvalue weighted by atomic mass is 9.77. The van der Waals surface area contributed by atoms with Gasteiger partial charge in [-0.25, -0.2) is 18.2 Å². The molecule has 18 heteroatoms. The lowest BCUT2D eigenvalue weighted by molar-refractivity contribution is -0.176. The largest absolute Gasteiger partial charge is 0.435 e. The fourth-order valence-corrected chi connectivity index (χ4v) is 9.58. The molecule has 2 fully saturated rings. The van der Waals surface area contributed by atoms with Crippen LogP contribution in [-0.4, -0.2) is 63.3 Å². The Labute approximate surface area is 337 Å². The zero-order valence-electron chi connectivity index (χ0n) is 31.3. The van der Waals surface area contributed by atoms with E-state index < -0.39 is 105 Å². The SMILES string of the molecule is C=S(C)(=O)Cc1nn(C)c2c(-c3ccc(C#CC4(O)CC(F)(F)C4)nc3[C@@H](CC(=O)Cn3nc(C(F)(F)F)c4c3C(F)(F)[C@@H]3C[C@H]43)Cc3cccc(F)c3)ccc(Cl)c12. The molecule has 310 valence electrons. The summed E-state index contributed by atoms with van der Waals surface area (Å²) in [7, 11) is -0.986. The van der Waals surface area contributed by atoms with Gasteiger partial charge in [-0.1, -0.05) is 35.7 Å². The number of carbonyl (C=O) groups excluding carboxylic acids is 1. The predicted molar refractivity (Wildman–Crippen MR) is 204 cm³/mol. The van der Waals surface area contributed by atoms with E-state index in [2.05, 4.69) is 27.9 Å². The summed E-state index contributed by atoms with van der Waals surface area (Å²) in [6.45, 7) is -0.944. The number of Topliss-reactive ketones (excluding diaryl/α,β-unsaturated/α-hetero) is 1. The highest BCUT2D eigenvalue weighted by atomic mass is 35.5. The van der Waals surface area contributed by atoms with Gasteiger partial charge in [-0.05, 0) is 76.0 Å². The lowest BCUT2D eigenvalue weighted by Gasteiger charge is -2.39. The normalized spacial score (nSPS) is 21.2. The summed E-state index contributed by atoms with van der Waals surface area (Å²) in [5.41, 5.74) is -2.86. The molecule has 0 amide bonds. The van der Waals surface area contributed by atoms with Crippen molar-refractivity contribution in [3.63, 3.8) is 0 Å². The molecule has 0 radical (unpaired) electrons. The van der Waals surface area contributed by atoms with Crippen molar-refractivity contribution in [3.8, 4) is 23.0 Å². The first-order valence-corrected chi connectivity index (χ1v) is 21.0. The molecule has 3 aromatic heterocycles. The van der Waals surface area contributed by atoms with E-state index in [-0.39, 0.29) is 35.0 Å². The molecule has 1 N–H and O–H groups in total. The number of hydrogen-bond donors (Lipinski definition) is 1. The molecule has 8 rings (SSSR count). The van der Waals surface area contributed by atoms with Gasteiger partial charge >= 0.3 is 6.18 Å². The van der Waals surface area contributed by atoms with Gasteiger partial charge in [0.2, 0.25) is 0 Å². The molecule has 0 bridgehead atoms. The number of fused-ring (bicyclic) bond motifs is 4. The molecule has 3 aliphatic carbocycles. The van der Waals surface area contributed by atoms with E-state index in [1.807, 2.05) is 0 Å². The summed E-state index contributed by atoms with van der Waals surface area (Å²) < 4.78 is 130. The molecule has 1 unspecified atom stereocenters. The minimum atomic E-state index is -5.05. The number of nitrogens with zero attached hydrogens (tertiary/aromatic N) is 5. The molecule has 2 aromatic carbocycles. The van der Waals surface area contributed by atoms with Gasteiger partial charge in [0, 0.05) is 53.6 Å². The van der Waals surface area contributed by atoms with Gasteiger partial charge in [-0.3, -0.25) is 18.4 Å². The second-order valence-electron chi connectivity index (χ2n) is 15.9. The van der Waals surface area contributed by atoms with Crippen LogP contribution < -0.4 is 0 Å². The molecule has 8 nitrogen and oxygen atoms in total. The van der Waals surface area contributed by atoms with E-state index in [0.29, 0.717) is 38.0 Å². The van der Waals surface area contributed by atoms with Crippen LogP contribution in [0.15, 0.2) is 48.5 Å². The third-order valence-electron chi connectivity index (χ3n) is 11.0. The topological polar surface area (TPSA) is 103 Å². The Kier molecular flexibility index (Phi) is 9.64. The van der Waals surface area contributed by atoms with Crippen LogP contribution in [0.3, 0.4) is 0 Å². The smallest absolute Gasteiger partial charge is 0.377 e. The van der Waals surface area contributed by atoms with Crippen molar-refractivity contribution in [2.24, 2.45) is 13.0 Å². The Morgan fingerprint density at radius 2 is 1.81 bits per heavy atom. The van der Waals surface area contributed by atoms with E-state index in [4.69, 9.17) is 16.6 Å². The van der Waals surface area contributed by atoms with Crippen molar-refractivity contribution in [1.82, 2.24) is 24.5 Å². The number of aliphatic hydroxyl groups is 1. The zero-order valence-corrected chi connectivity index (χ0v) is 32.9. The maximum atomic E-state index is 15.4. The molecule has 0 saturated heterocycles. The molecule has 0 spiro atoms. The van der Waals surface area contributed by atoms with Crippen LogP contribution in [-0.2, 0) is 52.2 Å². The number of benzene rings is 2. The van der Waals surface area contributed by atoms with Crippen LogP contribution in [0.1, 0.15) is 77.1 Å². The summed E-state index contributed by atoms with van der Waals surface area (Å²) in [5, 5.41) is 19.4. The fourth-order valence-electron chi connectivity index (χ4n) is 8.54. The van der Waals surface area contributed by atoms with Crippen molar-refractivity contribution in [2.45, 2.75) is 79.9 Å². The van der Waals surface area contributed by atoms with Crippen molar-refractivity contribution in [1.29, 1.82) is 0 Å². The van der Waals surface area contributed by atoms with Gasteiger partial charge in [-0.2, -0.15) is 32.1 Å². The Morgan fingerprint density at radius 1 is 1.10 bits per heavy atom. The number of ketones is 1. The molecule has 3 heterocycles. The van der Waals surface area contributed by atoms with Gasteiger partial charge in [0.1, 0.15) is 29.4 Å². The third kappa shape index (κ3) is 7.75. The fraction of sp³-hybridized carbons (Fsp3) is 0.390. The lowest BCUT2D eigenvalue weighted by Crippen LogP contribution is -2.50. The molecule has 59 heavy (non-hydrogen) atoms. The van der Waals surface area contributed by atoms with E-state index in [1.165, 1.54) is 35.2 Å². The van der Waals surface area contributed by atoms with E-state index in [0.717, 1.165) is 0 Å². The zero-order chi connectivity index (χ0) is 42.6. The van der Waals surface area contributed by atoms with Gasteiger partial charge in [0.25, 0.3) is 11.8 Å². The Hall–Kier alpha value is -4.79. The maximum Gasteiger partial charge on any atom is 0.435 e. The highest BCUT2D eigenvalue weighted by Gasteiger charge is 2.68. The van der Waals surface area contributed by atoms with Crippen molar-refractivity contribution < 1.29 is 49.2 Å². The van der Waals surface area contributed by atoms with Crippen molar-refractivity contribution in [2.75, 3.05) is 6.26 Å². The Balaban J connectivity index is 1.26. The van der Waals surface area contributed by atoms with Crippen LogP contribution in [0, 0.1) is 23.6 Å². The highest BCUT2D eigenvalue weighted by molar-refractivity contribution is 7.98. The maximum absolute atomic E-state index is 15.4. The molecule has 0 aliphatic heterocycles. The van der Waals surface area contributed by atoms with Crippen LogP contribution in [0.5, 0.6) is 0 Å². The first kappa shape index (κ1) is 41.0. The Bertz CT molecular complexity index is 2740. The van der Waals surface area contributed by atoms with E-state index in [1.54, 1.807) is 31.3 Å². The second kappa shape index (κ2) is 13.9. The molecular formula is C41H34ClF8N5O3S. The first-order chi connectivity index (χ1) is 27.4. The van der Waals surface area contributed by atoms with Crippen LogP contribution >= 0.6 is 11.6 Å². The third-order valence-corrected chi connectivity index (χ3v) is 12.1.